The predicted octanol–water partition coefficient (Wildman–Crippen LogP) is 4.30. The quantitative estimate of drug-likeness (QED) is 0.433. The van der Waals surface area contributed by atoms with Gasteiger partial charge in [-0.05, 0) is 51.1 Å². The lowest BCUT2D eigenvalue weighted by molar-refractivity contribution is -0.137. The molecule has 0 spiro atoms. The molecule has 1 aromatic carbocycles. The summed E-state index contributed by atoms with van der Waals surface area (Å²) < 4.78 is 48.1. The lowest BCUT2D eigenvalue weighted by Gasteiger charge is -2.42. The number of benzene rings is 1. The van der Waals surface area contributed by atoms with Crippen LogP contribution in [0.15, 0.2) is 30.9 Å². The van der Waals surface area contributed by atoms with Crippen LogP contribution in [-0.2, 0) is 23.9 Å². The van der Waals surface area contributed by atoms with Gasteiger partial charge in [-0.1, -0.05) is 24.2 Å². The van der Waals surface area contributed by atoms with Gasteiger partial charge in [0.15, 0.2) is 0 Å². The number of piperazine rings is 1. The zero-order chi connectivity index (χ0) is 30.0. The summed E-state index contributed by atoms with van der Waals surface area (Å²) in [6, 6.07) is 6.37. The first kappa shape index (κ1) is 29.9. The van der Waals surface area contributed by atoms with Gasteiger partial charge < -0.3 is 24.3 Å². The molecule has 224 valence electrons. The highest BCUT2D eigenvalue weighted by Gasteiger charge is 2.39. The molecule has 0 N–H and O–H groups in total. The molecule has 2 fully saturated rings. The maximum Gasteiger partial charge on any atom is 0.419 e. The summed E-state index contributed by atoms with van der Waals surface area (Å²) in [7, 11) is 2.04. The Morgan fingerprint density at radius 1 is 1.21 bits per heavy atom. The van der Waals surface area contributed by atoms with E-state index in [1.807, 2.05) is 11.9 Å². The highest BCUT2D eigenvalue weighted by Crippen LogP contribution is 2.43. The average molecular weight is 604 g/mol. The van der Waals surface area contributed by atoms with Gasteiger partial charge in [-0.25, -0.2) is 0 Å². The van der Waals surface area contributed by atoms with E-state index < -0.39 is 11.7 Å². The molecule has 4 heterocycles. The third-order valence-corrected chi connectivity index (χ3v) is 8.60. The Hall–Kier alpha value is -3.56. The molecule has 9 nitrogen and oxygen atoms in total. The summed E-state index contributed by atoms with van der Waals surface area (Å²) in [6.45, 7) is 6.59. The second-order valence-corrected chi connectivity index (χ2v) is 11.3. The van der Waals surface area contributed by atoms with Gasteiger partial charge in [-0.3, -0.25) is 4.79 Å². The standard InChI is InChI=1S/C29H33ClF3N7O2/c1-3-25(41)40-15-14-39(16-19(40)9-11-34)27-21-10-13-38(24-8-4-7-22(30)26(24)29(31,32)33)17-23(21)35-28(36-27)42-18-20-6-5-12-37(20)2/h3-4,7-8,19-20H,1,5-6,9-10,12-18H2,2H3/t19?,20-/m0/s1. The number of likely N-dealkylation sites (N-methyl/N-ethyl adjacent to an activating group) is 1. The Balaban J connectivity index is 1.49. The third-order valence-electron chi connectivity index (χ3n) is 8.28. The van der Waals surface area contributed by atoms with Crippen molar-refractivity contribution in [2.45, 2.75) is 50.5 Å². The van der Waals surface area contributed by atoms with Gasteiger partial charge in [0.05, 0.1) is 47.0 Å². The van der Waals surface area contributed by atoms with Gasteiger partial charge in [0.25, 0.3) is 0 Å². The fourth-order valence-corrected chi connectivity index (χ4v) is 6.35. The smallest absolute Gasteiger partial charge is 0.419 e. The number of likely N-dealkylation sites (tertiary alicyclic amines) is 1. The van der Waals surface area contributed by atoms with Crippen LogP contribution in [0, 0.1) is 11.3 Å². The minimum atomic E-state index is -4.62. The van der Waals surface area contributed by atoms with Crippen molar-refractivity contribution in [3.05, 3.63) is 52.7 Å². The number of aromatic nitrogens is 2. The number of halogens is 4. The van der Waals surface area contributed by atoms with Gasteiger partial charge in [0, 0.05) is 37.8 Å². The highest BCUT2D eigenvalue weighted by atomic mass is 35.5. The molecule has 0 aliphatic carbocycles. The van der Waals surface area contributed by atoms with Crippen LogP contribution >= 0.6 is 11.6 Å². The van der Waals surface area contributed by atoms with E-state index in [4.69, 9.17) is 26.3 Å². The fourth-order valence-electron chi connectivity index (χ4n) is 6.07. The van der Waals surface area contributed by atoms with E-state index in [0.29, 0.717) is 50.7 Å². The van der Waals surface area contributed by atoms with Crippen LogP contribution < -0.4 is 14.5 Å². The molecule has 5 rings (SSSR count). The van der Waals surface area contributed by atoms with Crippen molar-refractivity contribution in [2.24, 2.45) is 0 Å². The first-order valence-electron chi connectivity index (χ1n) is 14.0. The Morgan fingerprint density at radius 2 is 2.02 bits per heavy atom. The number of carbonyl (C=O) groups excluding carboxylic acids is 1. The average Bonchev–Trinajstić information content (AvgIpc) is 3.38. The molecule has 1 unspecified atom stereocenters. The molecule has 2 saturated heterocycles. The van der Waals surface area contributed by atoms with E-state index in [-0.39, 0.29) is 47.7 Å². The van der Waals surface area contributed by atoms with Crippen LogP contribution in [0.4, 0.5) is 24.7 Å². The predicted molar refractivity (Wildman–Crippen MR) is 153 cm³/mol. The van der Waals surface area contributed by atoms with E-state index in [0.717, 1.165) is 24.9 Å². The van der Waals surface area contributed by atoms with E-state index in [1.165, 1.54) is 24.3 Å². The largest absolute Gasteiger partial charge is 0.462 e. The van der Waals surface area contributed by atoms with Gasteiger partial charge >= 0.3 is 12.2 Å². The van der Waals surface area contributed by atoms with Crippen molar-refractivity contribution in [3.8, 4) is 12.1 Å². The number of carbonyl (C=O) groups is 1. The zero-order valence-electron chi connectivity index (χ0n) is 23.4. The number of alkyl halides is 3. The number of nitriles is 1. The van der Waals surface area contributed by atoms with Gasteiger partial charge in [-0.2, -0.15) is 28.4 Å². The molecule has 1 aromatic heterocycles. The second kappa shape index (κ2) is 12.4. The topological polar surface area (TPSA) is 88.8 Å². The number of ether oxygens (including phenoxy) is 1. The SMILES string of the molecule is C=CC(=O)N1CCN(c2nc(OC[C@@H]3CCCN3C)nc3c2CCN(c2cccc(Cl)c2C(F)(F)F)C3)CC1CC#N. The van der Waals surface area contributed by atoms with Crippen LogP contribution in [-0.4, -0.2) is 84.1 Å². The molecule has 3 aliphatic heterocycles. The first-order valence-corrected chi connectivity index (χ1v) is 14.4. The minimum Gasteiger partial charge on any atom is -0.462 e. The summed E-state index contributed by atoms with van der Waals surface area (Å²) >= 11 is 6.02. The number of hydrogen-bond donors (Lipinski definition) is 0. The molecule has 42 heavy (non-hydrogen) atoms. The lowest BCUT2D eigenvalue weighted by Crippen LogP contribution is -2.55. The lowest BCUT2D eigenvalue weighted by atomic mass is 10.0. The van der Waals surface area contributed by atoms with Crippen LogP contribution in [0.2, 0.25) is 5.02 Å². The molecular formula is C29H33ClF3N7O2. The maximum absolute atomic E-state index is 14.0. The highest BCUT2D eigenvalue weighted by molar-refractivity contribution is 6.31. The van der Waals surface area contributed by atoms with E-state index in [9.17, 15) is 23.2 Å². The Kier molecular flexibility index (Phi) is 8.80. The van der Waals surface area contributed by atoms with Crippen molar-refractivity contribution >= 4 is 29.0 Å². The maximum atomic E-state index is 14.0. The molecule has 0 bridgehead atoms. The van der Waals surface area contributed by atoms with Crippen molar-refractivity contribution < 1.29 is 22.7 Å². The zero-order valence-corrected chi connectivity index (χ0v) is 24.2. The summed E-state index contributed by atoms with van der Waals surface area (Å²) in [5.41, 5.74) is 0.538. The molecule has 0 saturated carbocycles. The molecule has 2 atom stereocenters. The van der Waals surface area contributed by atoms with E-state index >= 15 is 0 Å². The molecular weight excluding hydrogens is 571 g/mol. The van der Waals surface area contributed by atoms with Crippen LogP contribution in [0.3, 0.4) is 0 Å². The number of fused-ring (bicyclic) bond motifs is 1. The Bertz CT molecular complexity index is 1380. The number of anilines is 2. The molecule has 13 heteroatoms. The fraction of sp³-hybridized carbons (Fsp3) is 0.517. The molecule has 2 aromatic rings. The summed E-state index contributed by atoms with van der Waals surface area (Å²) in [5.74, 6) is 0.396. The van der Waals surface area contributed by atoms with Crippen molar-refractivity contribution in [2.75, 3.05) is 56.2 Å². The van der Waals surface area contributed by atoms with Gasteiger partial charge in [0.1, 0.15) is 12.4 Å². The van der Waals surface area contributed by atoms with Gasteiger partial charge in [0.2, 0.25) is 5.91 Å². The molecule has 3 aliphatic rings. The molecule has 1 amide bonds. The van der Waals surface area contributed by atoms with Crippen molar-refractivity contribution in [1.82, 2.24) is 19.8 Å². The van der Waals surface area contributed by atoms with Gasteiger partial charge in [-0.15, -0.1) is 0 Å². The number of hydrogen-bond acceptors (Lipinski definition) is 8. The van der Waals surface area contributed by atoms with E-state index in [2.05, 4.69) is 17.5 Å². The van der Waals surface area contributed by atoms with Crippen molar-refractivity contribution in [1.29, 1.82) is 5.26 Å². The second-order valence-electron chi connectivity index (χ2n) is 10.8. The monoisotopic (exact) mass is 603 g/mol. The number of amides is 1. The number of rotatable bonds is 7. The molecule has 0 radical (unpaired) electrons. The summed E-state index contributed by atoms with van der Waals surface area (Å²) in [6.07, 6.45) is -0.766. The van der Waals surface area contributed by atoms with Crippen LogP contribution in [0.1, 0.15) is 36.1 Å². The third kappa shape index (κ3) is 6.13. The summed E-state index contributed by atoms with van der Waals surface area (Å²) in [5, 5.41) is 9.09. The van der Waals surface area contributed by atoms with E-state index in [1.54, 1.807) is 9.80 Å². The Labute approximate surface area is 248 Å². The number of nitrogens with zero attached hydrogens (tertiary/aromatic N) is 7. The Morgan fingerprint density at radius 3 is 2.71 bits per heavy atom. The van der Waals surface area contributed by atoms with Crippen LogP contribution in [0.25, 0.3) is 0 Å². The first-order chi connectivity index (χ1) is 20.1. The van der Waals surface area contributed by atoms with Crippen molar-refractivity contribution in [3.63, 3.8) is 0 Å². The minimum absolute atomic E-state index is 0.00139. The van der Waals surface area contributed by atoms with Crippen LogP contribution in [0.5, 0.6) is 6.01 Å². The summed E-state index contributed by atoms with van der Waals surface area (Å²) in [4.78, 5) is 29.5. The normalized spacial score (nSPS) is 21.2.